The summed E-state index contributed by atoms with van der Waals surface area (Å²) in [5, 5.41) is 10.2. The number of sulfonamides is 1. The molecular weight excluding hydrogens is 260 g/mol. The van der Waals surface area contributed by atoms with Gasteiger partial charge in [-0.15, -0.1) is 0 Å². The lowest BCUT2D eigenvalue weighted by Crippen LogP contribution is -2.21. The molecule has 0 radical (unpaired) electrons. The molecule has 1 amide bonds. The quantitative estimate of drug-likeness (QED) is 0.701. The van der Waals surface area contributed by atoms with E-state index in [1.165, 1.54) is 12.4 Å². The van der Waals surface area contributed by atoms with Crippen LogP contribution in [0.15, 0.2) is 12.4 Å². The largest absolute Gasteiger partial charge is 0.465 e. The molecule has 0 spiro atoms. The third kappa shape index (κ3) is 3.29. The van der Waals surface area contributed by atoms with Crippen LogP contribution in [0.1, 0.15) is 18.5 Å². The van der Waals surface area contributed by atoms with Gasteiger partial charge in [0.2, 0.25) is 10.0 Å². The van der Waals surface area contributed by atoms with Gasteiger partial charge >= 0.3 is 6.09 Å². The molecule has 1 saturated carbocycles. The van der Waals surface area contributed by atoms with E-state index in [0.717, 1.165) is 0 Å². The van der Waals surface area contributed by atoms with Gasteiger partial charge in [0.05, 0.1) is 17.5 Å². The number of rotatable bonds is 5. The van der Waals surface area contributed by atoms with Crippen LogP contribution in [0.2, 0.25) is 0 Å². The van der Waals surface area contributed by atoms with Crippen LogP contribution >= 0.6 is 0 Å². The normalized spacial score (nSPS) is 15.1. The molecule has 1 aromatic heterocycles. The SMILES string of the molecule is O=C(O)NCc1cc(NS(=O)(=O)C2CC2)ncn1. The first kappa shape index (κ1) is 12.6. The van der Waals surface area contributed by atoms with E-state index in [9.17, 15) is 13.2 Å². The van der Waals surface area contributed by atoms with Crippen LogP contribution in [0.4, 0.5) is 10.6 Å². The molecule has 0 saturated heterocycles. The van der Waals surface area contributed by atoms with Gasteiger partial charge in [-0.05, 0) is 12.8 Å². The third-order valence-electron chi connectivity index (χ3n) is 2.35. The minimum atomic E-state index is -3.37. The maximum atomic E-state index is 11.7. The lowest BCUT2D eigenvalue weighted by atomic mass is 10.4. The molecule has 9 heteroatoms. The lowest BCUT2D eigenvalue weighted by molar-refractivity contribution is 0.194. The van der Waals surface area contributed by atoms with E-state index in [1.54, 1.807) is 0 Å². The van der Waals surface area contributed by atoms with Crippen molar-refractivity contribution in [3.05, 3.63) is 18.1 Å². The van der Waals surface area contributed by atoms with Crippen molar-refractivity contribution in [2.75, 3.05) is 4.72 Å². The number of anilines is 1. The highest BCUT2D eigenvalue weighted by Gasteiger charge is 2.35. The summed E-state index contributed by atoms with van der Waals surface area (Å²) < 4.78 is 25.7. The second-order valence-electron chi connectivity index (χ2n) is 3.90. The first-order chi connectivity index (χ1) is 8.47. The molecule has 0 aromatic carbocycles. The van der Waals surface area contributed by atoms with Crippen molar-refractivity contribution >= 4 is 21.9 Å². The summed E-state index contributed by atoms with van der Waals surface area (Å²) in [5.41, 5.74) is 0.390. The number of nitrogens with one attached hydrogen (secondary N) is 2. The first-order valence-electron chi connectivity index (χ1n) is 5.27. The zero-order chi connectivity index (χ0) is 13.2. The van der Waals surface area contributed by atoms with Crippen LogP contribution in [-0.4, -0.2) is 34.8 Å². The Hall–Kier alpha value is -1.90. The molecule has 18 heavy (non-hydrogen) atoms. The van der Waals surface area contributed by atoms with Gasteiger partial charge in [-0.25, -0.2) is 23.2 Å². The Morgan fingerprint density at radius 1 is 1.44 bits per heavy atom. The molecule has 1 aliphatic carbocycles. The molecule has 8 nitrogen and oxygen atoms in total. The van der Waals surface area contributed by atoms with E-state index in [1.807, 2.05) is 0 Å². The Kier molecular flexibility index (Phi) is 3.32. The average molecular weight is 272 g/mol. The highest BCUT2D eigenvalue weighted by molar-refractivity contribution is 7.93. The molecule has 1 heterocycles. The van der Waals surface area contributed by atoms with Crippen molar-refractivity contribution in [1.29, 1.82) is 0 Å². The minimum Gasteiger partial charge on any atom is -0.465 e. The van der Waals surface area contributed by atoms with Gasteiger partial charge < -0.3 is 10.4 Å². The second-order valence-corrected chi connectivity index (χ2v) is 5.86. The molecule has 3 N–H and O–H groups in total. The van der Waals surface area contributed by atoms with Crippen molar-refractivity contribution in [2.45, 2.75) is 24.6 Å². The van der Waals surface area contributed by atoms with Crippen molar-refractivity contribution < 1.29 is 18.3 Å². The molecule has 0 atom stereocenters. The molecule has 0 bridgehead atoms. The maximum absolute atomic E-state index is 11.7. The predicted octanol–water partition coefficient (Wildman–Crippen LogP) is 0.148. The Morgan fingerprint density at radius 2 is 2.17 bits per heavy atom. The topological polar surface area (TPSA) is 121 Å². The van der Waals surface area contributed by atoms with E-state index < -0.39 is 16.1 Å². The van der Waals surface area contributed by atoms with E-state index in [4.69, 9.17) is 5.11 Å². The van der Waals surface area contributed by atoms with E-state index in [2.05, 4.69) is 20.0 Å². The minimum absolute atomic E-state index is 0.00396. The number of amides is 1. The first-order valence-corrected chi connectivity index (χ1v) is 6.81. The number of hydrogen-bond donors (Lipinski definition) is 3. The second kappa shape index (κ2) is 4.77. The zero-order valence-electron chi connectivity index (χ0n) is 9.33. The Balaban J connectivity index is 2.05. The predicted molar refractivity (Wildman–Crippen MR) is 62.5 cm³/mol. The van der Waals surface area contributed by atoms with Gasteiger partial charge in [-0.2, -0.15) is 0 Å². The van der Waals surface area contributed by atoms with Crippen molar-refractivity contribution in [2.24, 2.45) is 0 Å². The molecule has 0 unspecified atom stereocenters. The van der Waals surface area contributed by atoms with E-state index in [-0.39, 0.29) is 17.6 Å². The summed E-state index contributed by atoms with van der Waals surface area (Å²) in [7, 11) is -3.37. The molecular formula is C9H12N4O4S. The van der Waals surface area contributed by atoms with Gasteiger partial charge in [0.25, 0.3) is 0 Å². The fraction of sp³-hybridized carbons (Fsp3) is 0.444. The summed E-state index contributed by atoms with van der Waals surface area (Å²) in [5.74, 6) is 0.152. The fourth-order valence-corrected chi connectivity index (χ4v) is 2.65. The number of carboxylic acid groups (broad SMARTS) is 1. The Bertz CT molecular complexity index is 555. The fourth-order valence-electron chi connectivity index (χ4n) is 1.32. The van der Waals surface area contributed by atoms with Gasteiger partial charge in [-0.1, -0.05) is 0 Å². The highest BCUT2D eigenvalue weighted by Crippen LogP contribution is 2.29. The molecule has 0 aliphatic heterocycles. The monoisotopic (exact) mass is 272 g/mol. The lowest BCUT2D eigenvalue weighted by Gasteiger charge is -2.07. The number of nitrogens with zero attached hydrogens (tertiary/aromatic N) is 2. The summed E-state index contributed by atoms with van der Waals surface area (Å²) in [6.45, 7) is -0.00396. The van der Waals surface area contributed by atoms with Crippen LogP contribution in [0, 0.1) is 0 Å². The highest BCUT2D eigenvalue weighted by atomic mass is 32.2. The van der Waals surface area contributed by atoms with Gasteiger partial charge in [0.15, 0.2) is 0 Å². The molecule has 2 rings (SSSR count). The maximum Gasteiger partial charge on any atom is 0.404 e. The summed E-state index contributed by atoms with van der Waals surface area (Å²) in [4.78, 5) is 17.9. The van der Waals surface area contributed by atoms with E-state index >= 15 is 0 Å². The Labute approximate surface area is 104 Å². The van der Waals surface area contributed by atoms with Crippen molar-refractivity contribution in [3.8, 4) is 0 Å². The summed E-state index contributed by atoms with van der Waals surface area (Å²) in [6, 6.07) is 1.40. The van der Waals surface area contributed by atoms with Gasteiger partial charge in [0.1, 0.15) is 12.1 Å². The van der Waals surface area contributed by atoms with Crippen LogP contribution in [-0.2, 0) is 16.6 Å². The van der Waals surface area contributed by atoms with Crippen LogP contribution in [0.5, 0.6) is 0 Å². The molecule has 98 valence electrons. The van der Waals surface area contributed by atoms with Crippen molar-refractivity contribution in [1.82, 2.24) is 15.3 Å². The van der Waals surface area contributed by atoms with E-state index in [0.29, 0.717) is 18.5 Å². The third-order valence-corrected chi connectivity index (χ3v) is 4.20. The average Bonchev–Trinajstić information content (AvgIpc) is 3.10. The molecule has 1 aromatic rings. The zero-order valence-corrected chi connectivity index (χ0v) is 10.1. The number of hydrogen-bond acceptors (Lipinski definition) is 5. The molecule has 1 aliphatic rings. The van der Waals surface area contributed by atoms with Crippen LogP contribution in [0.3, 0.4) is 0 Å². The standard InChI is InChI=1S/C9H12N4O4S/c14-9(15)10-4-6-3-8(12-5-11-6)13-18(16,17)7-1-2-7/h3,5,7,10H,1-2,4H2,(H,14,15)(H,11,12,13). The number of carbonyl (C=O) groups is 1. The number of aromatic nitrogens is 2. The Morgan fingerprint density at radius 3 is 2.78 bits per heavy atom. The van der Waals surface area contributed by atoms with Gasteiger partial charge in [0, 0.05) is 6.07 Å². The van der Waals surface area contributed by atoms with Gasteiger partial charge in [-0.3, -0.25) is 4.72 Å². The van der Waals surface area contributed by atoms with Crippen LogP contribution in [0.25, 0.3) is 0 Å². The molecule has 1 fully saturated rings. The van der Waals surface area contributed by atoms with Crippen molar-refractivity contribution in [3.63, 3.8) is 0 Å². The smallest absolute Gasteiger partial charge is 0.404 e. The summed E-state index contributed by atoms with van der Waals surface area (Å²) >= 11 is 0. The summed E-state index contributed by atoms with van der Waals surface area (Å²) in [6.07, 6.45) is 1.33. The van der Waals surface area contributed by atoms with Crippen LogP contribution < -0.4 is 10.0 Å².